The summed E-state index contributed by atoms with van der Waals surface area (Å²) in [6, 6.07) is 1.67. The summed E-state index contributed by atoms with van der Waals surface area (Å²) in [5.74, 6) is 1.33. The molecule has 0 aliphatic heterocycles. The number of hydrogen-bond acceptors (Lipinski definition) is 4. The number of nitrogens with zero attached hydrogens (tertiary/aromatic N) is 4. The lowest BCUT2D eigenvalue weighted by Gasteiger charge is -2.23. The molecular weight excluding hydrogens is 264 g/mol. The molecule has 6 heteroatoms. The number of carbonyl (C=O) groups is 1. The van der Waals surface area contributed by atoms with Gasteiger partial charge in [-0.2, -0.15) is 0 Å². The number of likely N-dealkylation sites (N-methyl/N-ethyl adjacent to an activating group) is 2. The molecule has 19 heavy (non-hydrogen) atoms. The predicted molar refractivity (Wildman–Crippen MR) is 77.7 cm³/mol. The zero-order valence-electron chi connectivity index (χ0n) is 12.4. The Morgan fingerprint density at radius 2 is 1.84 bits per heavy atom. The molecule has 0 aliphatic rings. The Kier molecular flexibility index (Phi) is 4.74. The zero-order valence-corrected chi connectivity index (χ0v) is 13.1. The zero-order chi connectivity index (χ0) is 14.8. The van der Waals surface area contributed by atoms with Crippen LogP contribution in [-0.4, -0.2) is 48.5 Å². The highest BCUT2D eigenvalue weighted by atomic mass is 35.5. The molecule has 0 unspecified atom stereocenters. The molecule has 0 bridgehead atoms. The highest BCUT2D eigenvalue weighted by Crippen LogP contribution is 2.23. The number of hydrogen-bond donors (Lipinski definition) is 0. The molecule has 0 radical (unpaired) electrons. The van der Waals surface area contributed by atoms with Crippen molar-refractivity contribution in [3.63, 3.8) is 0 Å². The van der Waals surface area contributed by atoms with E-state index in [0.29, 0.717) is 16.8 Å². The number of rotatable bonds is 3. The first kappa shape index (κ1) is 15.7. The van der Waals surface area contributed by atoms with Crippen LogP contribution in [0.4, 0.5) is 5.82 Å². The molecule has 0 aliphatic carbocycles. The molecule has 1 heterocycles. The minimum atomic E-state index is -0.188. The van der Waals surface area contributed by atoms with Crippen LogP contribution in [0.15, 0.2) is 6.07 Å². The molecule has 1 amide bonds. The van der Waals surface area contributed by atoms with Crippen LogP contribution in [0.3, 0.4) is 0 Å². The third-order valence-corrected chi connectivity index (χ3v) is 2.81. The van der Waals surface area contributed by atoms with E-state index in [0.717, 1.165) is 0 Å². The third kappa shape index (κ3) is 4.35. The van der Waals surface area contributed by atoms with Gasteiger partial charge in [-0.3, -0.25) is 4.79 Å². The van der Waals surface area contributed by atoms with E-state index in [2.05, 4.69) is 9.97 Å². The lowest BCUT2D eigenvalue weighted by molar-refractivity contribution is -0.127. The van der Waals surface area contributed by atoms with E-state index < -0.39 is 0 Å². The summed E-state index contributed by atoms with van der Waals surface area (Å²) in [7, 11) is 5.26. The van der Waals surface area contributed by atoms with Crippen LogP contribution >= 0.6 is 11.6 Å². The second kappa shape index (κ2) is 5.74. The molecule has 0 spiro atoms. The lowest BCUT2D eigenvalue weighted by atomic mass is 9.96. The molecule has 0 fully saturated rings. The summed E-state index contributed by atoms with van der Waals surface area (Å²) in [6.07, 6.45) is 0. The number of aromatic nitrogens is 2. The van der Waals surface area contributed by atoms with Crippen molar-refractivity contribution in [2.75, 3.05) is 32.6 Å². The predicted octanol–water partition coefficient (Wildman–Crippen LogP) is 1.95. The van der Waals surface area contributed by atoms with Crippen LogP contribution in [0.25, 0.3) is 0 Å². The van der Waals surface area contributed by atoms with Crippen molar-refractivity contribution < 1.29 is 4.79 Å². The average Bonchev–Trinajstić information content (AvgIpc) is 2.26. The molecule has 5 nitrogen and oxygen atoms in total. The molecule has 106 valence electrons. The minimum Gasteiger partial charge on any atom is -0.350 e. The van der Waals surface area contributed by atoms with Gasteiger partial charge in [0.05, 0.1) is 6.54 Å². The number of carbonyl (C=O) groups excluding carboxylic acids is 1. The van der Waals surface area contributed by atoms with E-state index in [1.54, 1.807) is 30.0 Å². The summed E-state index contributed by atoms with van der Waals surface area (Å²) in [5.41, 5.74) is -0.188. The smallest absolute Gasteiger partial charge is 0.241 e. The van der Waals surface area contributed by atoms with Gasteiger partial charge >= 0.3 is 0 Å². The second-order valence-electron chi connectivity index (χ2n) is 5.77. The Bertz CT molecular complexity index is 468. The van der Waals surface area contributed by atoms with E-state index in [1.807, 2.05) is 27.8 Å². The fourth-order valence-corrected chi connectivity index (χ4v) is 1.54. The highest BCUT2D eigenvalue weighted by Gasteiger charge is 2.20. The van der Waals surface area contributed by atoms with Crippen molar-refractivity contribution >= 4 is 23.3 Å². The molecule has 0 saturated carbocycles. The molecule has 0 aromatic carbocycles. The van der Waals surface area contributed by atoms with Gasteiger partial charge < -0.3 is 9.80 Å². The summed E-state index contributed by atoms with van der Waals surface area (Å²) in [4.78, 5) is 23.7. The first-order chi connectivity index (χ1) is 8.61. The van der Waals surface area contributed by atoms with Crippen molar-refractivity contribution in [3.8, 4) is 0 Å². The average molecular weight is 285 g/mol. The van der Waals surface area contributed by atoms with Gasteiger partial charge in [-0.05, 0) is 0 Å². The quantitative estimate of drug-likeness (QED) is 0.796. The summed E-state index contributed by atoms with van der Waals surface area (Å²) in [5, 5.41) is 0.388. The Balaban J connectivity index is 3.01. The van der Waals surface area contributed by atoms with Crippen LogP contribution < -0.4 is 4.90 Å². The standard InChI is InChI=1S/C13H21ClN4O/c1-13(2,3)12-15-9(14)7-10(16-12)18(6)8-11(19)17(4)5/h7H,8H2,1-6H3. The van der Waals surface area contributed by atoms with E-state index in [4.69, 9.17) is 11.6 Å². The normalized spacial score (nSPS) is 11.3. The highest BCUT2D eigenvalue weighted by molar-refractivity contribution is 6.29. The molecular formula is C13H21ClN4O. The fraction of sp³-hybridized carbons (Fsp3) is 0.615. The molecule has 0 atom stereocenters. The van der Waals surface area contributed by atoms with Gasteiger partial charge in [0, 0.05) is 32.6 Å². The maximum Gasteiger partial charge on any atom is 0.241 e. The maximum absolute atomic E-state index is 11.7. The van der Waals surface area contributed by atoms with Crippen LogP contribution in [0, 0.1) is 0 Å². The van der Waals surface area contributed by atoms with Gasteiger partial charge in [0.2, 0.25) is 5.91 Å². The SMILES string of the molecule is CN(C)C(=O)CN(C)c1cc(Cl)nc(C(C)(C)C)n1. The monoisotopic (exact) mass is 284 g/mol. The Labute approximate surface area is 119 Å². The molecule has 0 N–H and O–H groups in total. The van der Waals surface area contributed by atoms with E-state index in [9.17, 15) is 4.79 Å². The third-order valence-electron chi connectivity index (χ3n) is 2.61. The summed E-state index contributed by atoms with van der Waals surface area (Å²) < 4.78 is 0. The van der Waals surface area contributed by atoms with E-state index >= 15 is 0 Å². The van der Waals surface area contributed by atoms with Gasteiger partial charge in [-0.25, -0.2) is 9.97 Å². The fourth-order valence-electron chi connectivity index (χ4n) is 1.36. The van der Waals surface area contributed by atoms with E-state index in [-0.39, 0.29) is 17.9 Å². The summed E-state index contributed by atoms with van der Waals surface area (Å²) >= 11 is 6.03. The van der Waals surface area contributed by atoms with Crippen molar-refractivity contribution in [1.82, 2.24) is 14.9 Å². The Morgan fingerprint density at radius 3 is 2.32 bits per heavy atom. The van der Waals surface area contributed by atoms with Crippen molar-refractivity contribution in [2.45, 2.75) is 26.2 Å². The van der Waals surface area contributed by atoms with Crippen LogP contribution in [0.2, 0.25) is 5.15 Å². The lowest BCUT2D eigenvalue weighted by Crippen LogP contribution is -2.35. The molecule has 1 aromatic rings. The maximum atomic E-state index is 11.7. The topological polar surface area (TPSA) is 49.3 Å². The van der Waals surface area contributed by atoms with E-state index in [1.165, 1.54) is 0 Å². The Hall–Kier alpha value is -1.36. The molecule has 1 aromatic heterocycles. The van der Waals surface area contributed by atoms with Gasteiger partial charge in [0.25, 0.3) is 0 Å². The Morgan fingerprint density at radius 1 is 1.26 bits per heavy atom. The second-order valence-corrected chi connectivity index (χ2v) is 6.15. The van der Waals surface area contributed by atoms with Crippen LogP contribution in [0.5, 0.6) is 0 Å². The largest absolute Gasteiger partial charge is 0.350 e. The molecule has 0 saturated heterocycles. The first-order valence-corrected chi connectivity index (χ1v) is 6.45. The first-order valence-electron chi connectivity index (χ1n) is 6.07. The summed E-state index contributed by atoms with van der Waals surface area (Å²) in [6.45, 7) is 6.32. The van der Waals surface area contributed by atoms with Gasteiger partial charge in [-0.1, -0.05) is 32.4 Å². The van der Waals surface area contributed by atoms with Crippen LogP contribution in [-0.2, 0) is 10.2 Å². The van der Waals surface area contributed by atoms with Crippen molar-refractivity contribution in [3.05, 3.63) is 17.0 Å². The van der Waals surface area contributed by atoms with Crippen molar-refractivity contribution in [1.29, 1.82) is 0 Å². The number of anilines is 1. The van der Waals surface area contributed by atoms with Gasteiger partial charge in [0.15, 0.2) is 0 Å². The van der Waals surface area contributed by atoms with Gasteiger partial charge in [0.1, 0.15) is 16.8 Å². The minimum absolute atomic E-state index is 0.00884. The number of amides is 1. The van der Waals surface area contributed by atoms with Crippen LogP contribution in [0.1, 0.15) is 26.6 Å². The van der Waals surface area contributed by atoms with Gasteiger partial charge in [-0.15, -0.1) is 0 Å². The number of halogens is 1. The molecule has 1 rings (SSSR count). The van der Waals surface area contributed by atoms with Crippen molar-refractivity contribution in [2.24, 2.45) is 0 Å².